The molecule has 1 aromatic carbocycles. The van der Waals surface area contributed by atoms with Gasteiger partial charge in [-0.05, 0) is 68.3 Å². The van der Waals surface area contributed by atoms with Crippen LogP contribution in [-0.4, -0.2) is 17.8 Å². The summed E-state index contributed by atoms with van der Waals surface area (Å²) in [5.41, 5.74) is 0. The monoisotopic (exact) mass is 309 g/mol. The van der Waals surface area contributed by atoms with Gasteiger partial charge in [0.2, 0.25) is 0 Å². The molecule has 3 heteroatoms. The van der Waals surface area contributed by atoms with Gasteiger partial charge in [-0.2, -0.15) is 0 Å². The van der Waals surface area contributed by atoms with Crippen LogP contribution in [0.15, 0.2) is 29.2 Å². The summed E-state index contributed by atoms with van der Waals surface area (Å²) in [6, 6.07) is 7.56. The summed E-state index contributed by atoms with van der Waals surface area (Å²) in [5.74, 6) is 1.43. The van der Waals surface area contributed by atoms with Gasteiger partial charge < -0.3 is 5.32 Å². The van der Waals surface area contributed by atoms with Crippen LogP contribution in [0.4, 0.5) is 4.39 Å². The maximum absolute atomic E-state index is 13.1. The van der Waals surface area contributed by atoms with E-state index in [4.69, 9.17) is 0 Å². The quantitative estimate of drug-likeness (QED) is 0.783. The van der Waals surface area contributed by atoms with Crippen LogP contribution in [0.3, 0.4) is 0 Å². The number of hydrogen-bond acceptors (Lipinski definition) is 2. The number of nitrogens with one attached hydrogen (secondary N) is 1. The highest BCUT2D eigenvalue weighted by molar-refractivity contribution is 8.00. The normalized spacial score (nSPS) is 26.2. The molecule has 1 aliphatic carbocycles. The minimum atomic E-state index is -0.149. The first-order chi connectivity index (χ1) is 10.1. The third kappa shape index (κ3) is 5.00. The SMILES string of the molecule is CCCNC1CCC(C(C)C)CC1Sc1ccc(F)cc1. The molecule has 0 bridgehead atoms. The second-order valence-electron chi connectivity index (χ2n) is 6.49. The molecule has 1 fully saturated rings. The highest BCUT2D eigenvalue weighted by Gasteiger charge is 2.32. The molecule has 0 heterocycles. The molecule has 21 heavy (non-hydrogen) atoms. The Kier molecular flexibility index (Phi) is 6.56. The van der Waals surface area contributed by atoms with Gasteiger partial charge in [0.1, 0.15) is 5.82 Å². The molecule has 3 unspecified atom stereocenters. The predicted molar refractivity (Wildman–Crippen MR) is 90.3 cm³/mol. The van der Waals surface area contributed by atoms with E-state index in [1.54, 1.807) is 12.1 Å². The average molecular weight is 309 g/mol. The molecule has 2 rings (SSSR count). The molecule has 1 saturated carbocycles. The summed E-state index contributed by atoms with van der Waals surface area (Å²) in [5, 5.41) is 4.32. The first-order valence-corrected chi connectivity index (χ1v) is 9.13. The van der Waals surface area contributed by atoms with E-state index < -0.39 is 0 Å². The highest BCUT2D eigenvalue weighted by atomic mass is 32.2. The molecule has 1 aromatic rings. The molecule has 118 valence electrons. The van der Waals surface area contributed by atoms with Crippen LogP contribution in [-0.2, 0) is 0 Å². The summed E-state index contributed by atoms with van der Waals surface area (Å²) in [7, 11) is 0. The second kappa shape index (κ2) is 8.19. The lowest BCUT2D eigenvalue weighted by Crippen LogP contribution is -2.43. The van der Waals surface area contributed by atoms with Gasteiger partial charge in [0.15, 0.2) is 0 Å². The molecule has 0 aromatic heterocycles. The van der Waals surface area contributed by atoms with Crippen molar-refractivity contribution >= 4 is 11.8 Å². The van der Waals surface area contributed by atoms with E-state index in [1.807, 2.05) is 23.9 Å². The van der Waals surface area contributed by atoms with Crippen molar-refractivity contribution in [3.8, 4) is 0 Å². The van der Waals surface area contributed by atoms with E-state index >= 15 is 0 Å². The number of rotatable bonds is 6. The summed E-state index contributed by atoms with van der Waals surface area (Å²) >= 11 is 1.92. The van der Waals surface area contributed by atoms with Crippen LogP contribution in [0.2, 0.25) is 0 Å². The molecule has 1 N–H and O–H groups in total. The minimum absolute atomic E-state index is 0.149. The average Bonchev–Trinajstić information content (AvgIpc) is 2.48. The Morgan fingerprint density at radius 1 is 1.24 bits per heavy atom. The number of hydrogen-bond donors (Lipinski definition) is 1. The molecular weight excluding hydrogens is 281 g/mol. The van der Waals surface area contributed by atoms with E-state index in [0.29, 0.717) is 11.3 Å². The zero-order valence-corrected chi connectivity index (χ0v) is 14.3. The van der Waals surface area contributed by atoms with Gasteiger partial charge >= 0.3 is 0 Å². The highest BCUT2D eigenvalue weighted by Crippen LogP contribution is 2.39. The van der Waals surface area contributed by atoms with Crippen LogP contribution in [0.25, 0.3) is 0 Å². The summed E-state index contributed by atoms with van der Waals surface area (Å²) in [4.78, 5) is 1.19. The smallest absolute Gasteiger partial charge is 0.123 e. The molecule has 1 nitrogen and oxygen atoms in total. The summed E-state index contributed by atoms with van der Waals surface area (Å²) in [6.07, 6.45) is 5.04. The molecule has 3 atom stereocenters. The first kappa shape index (κ1) is 16.8. The fraction of sp³-hybridized carbons (Fsp3) is 0.667. The molecule has 0 saturated heterocycles. The Balaban J connectivity index is 2.03. The zero-order chi connectivity index (χ0) is 15.2. The molecule has 1 aliphatic rings. The predicted octanol–water partition coefficient (Wildman–Crippen LogP) is 5.11. The minimum Gasteiger partial charge on any atom is -0.313 e. The van der Waals surface area contributed by atoms with Crippen LogP contribution >= 0.6 is 11.8 Å². The lowest BCUT2D eigenvalue weighted by atomic mass is 9.79. The van der Waals surface area contributed by atoms with Gasteiger partial charge in [0.05, 0.1) is 0 Å². The summed E-state index contributed by atoms with van der Waals surface area (Å²) in [6.45, 7) is 7.99. The Morgan fingerprint density at radius 2 is 1.95 bits per heavy atom. The van der Waals surface area contributed by atoms with Crippen LogP contribution in [0.1, 0.15) is 46.5 Å². The number of halogens is 1. The van der Waals surface area contributed by atoms with E-state index in [2.05, 4.69) is 26.1 Å². The largest absolute Gasteiger partial charge is 0.313 e. The second-order valence-corrected chi connectivity index (χ2v) is 7.80. The van der Waals surface area contributed by atoms with Gasteiger partial charge in [-0.25, -0.2) is 4.39 Å². The van der Waals surface area contributed by atoms with Gasteiger partial charge in [0.25, 0.3) is 0 Å². The maximum Gasteiger partial charge on any atom is 0.123 e. The molecule has 0 aliphatic heterocycles. The van der Waals surface area contributed by atoms with Gasteiger partial charge in [-0.1, -0.05) is 20.8 Å². The van der Waals surface area contributed by atoms with E-state index in [9.17, 15) is 4.39 Å². The van der Waals surface area contributed by atoms with Crippen molar-refractivity contribution in [1.82, 2.24) is 5.32 Å². The van der Waals surface area contributed by atoms with Crippen molar-refractivity contribution in [2.45, 2.75) is 62.6 Å². The zero-order valence-electron chi connectivity index (χ0n) is 13.4. The summed E-state index contributed by atoms with van der Waals surface area (Å²) < 4.78 is 13.1. The van der Waals surface area contributed by atoms with Crippen molar-refractivity contribution in [3.05, 3.63) is 30.1 Å². The first-order valence-electron chi connectivity index (χ1n) is 8.25. The van der Waals surface area contributed by atoms with Crippen LogP contribution in [0.5, 0.6) is 0 Å². The van der Waals surface area contributed by atoms with Crippen LogP contribution in [0, 0.1) is 17.7 Å². The Bertz CT molecular complexity index is 418. The van der Waals surface area contributed by atoms with Gasteiger partial charge in [0, 0.05) is 16.2 Å². The Hall–Kier alpha value is -0.540. The molecule has 0 spiro atoms. The number of thioether (sulfide) groups is 1. The standard InChI is InChI=1S/C18H28FNS/c1-4-11-20-17-10-5-14(13(2)3)12-18(17)21-16-8-6-15(19)7-9-16/h6-9,13-14,17-18,20H,4-5,10-12H2,1-3H3. The third-order valence-corrected chi connectivity index (χ3v) is 5.90. The number of benzene rings is 1. The Labute approximate surface area is 133 Å². The lowest BCUT2D eigenvalue weighted by molar-refractivity contribution is 0.246. The van der Waals surface area contributed by atoms with Crippen molar-refractivity contribution in [3.63, 3.8) is 0 Å². The van der Waals surface area contributed by atoms with Crippen molar-refractivity contribution < 1.29 is 4.39 Å². The van der Waals surface area contributed by atoms with E-state index in [1.165, 1.54) is 30.6 Å². The van der Waals surface area contributed by atoms with Crippen molar-refractivity contribution in [2.24, 2.45) is 11.8 Å². The topological polar surface area (TPSA) is 12.0 Å². The van der Waals surface area contributed by atoms with Gasteiger partial charge in [-0.3, -0.25) is 0 Å². The molecule has 0 radical (unpaired) electrons. The van der Waals surface area contributed by atoms with E-state index in [0.717, 1.165) is 18.4 Å². The Morgan fingerprint density at radius 3 is 2.57 bits per heavy atom. The van der Waals surface area contributed by atoms with Crippen LogP contribution < -0.4 is 5.32 Å². The van der Waals surface area contributed by atoms with E-state index in [-0.39, 0.29) is 5.82 Å². The van der Waals surface area contributed by atoms with Gasteiger partial charge in [-0.15, -0.1) is 11.8 Å². The van der Waals surface area contributed by atoms with Crippen molar-refractivity contribution in [1.29, 1.82) is 0 Å². The van der Waals surface area contributed by atoms with Crippen molar-refractivity contribution in [2.75, 3.05) is 6.54 Å². The lowest BCUT2D eigenvalue weighted by Gasteiger charge is -2.38. The molecule has 0 amide bonds. The maximum atomic E-state index is 13.1. The fourth-order valence-electron chi connectivity index (χ4n) is 3.15. The third-order valence-electron chi connectivity index (χ3n) is 4.53. The fourth-order valence-corrected chi connectivity index (χ4v) is 4.53. The molecular formula is C18H28FNS.